The Labute approximate surface area is 145 Å². The third-order valence-corrected chi connectivity index (χ3v) is 4.46. The molecule has 0 N–H and O–H groups in total. The van der Waals surface area contributed by atoms with Gasteiger partial charge in [0.15, 0.2) is 0 Å². The summed E-state index contributed by atoms with van der Waals surface area (Å²) in [5, 5.41) is 0.955. The van der Waals surface area contributed by atoms with Crippen LogP contribution in [-0.2, 0) is 0 Å². The van der Waals surface area contributed by atoms with E-state index in [1.807, 2.05) is 49.4 Å². The quantitative estimate of drug-likeness (QED) is 0.368. The normalized spacial score (nSPS) is 11.0. The molecule has 0 saturated carbocycles. The highest BCUT2D eigenvalue weighted by Gasteiger charge is 2.11. The first kappa shape index (κ1) is 16.6. The number of hydrogen-bond acceptors (Lipinski definition) is 3. The lowest BCUT2D eigenvalue weighted by Gasteiger charge is -2.12. The van der Waals surface area contributed by atoms with Gasteiger partial charge in [-0.3, -0.25) is 0 Å². The van der Waals surface area contributed by atoms with E-state index in [2.05, 4.69) is 0 Å². The molecule has 0 amide bonds. The molecule has 1 heterocycles. The van der Waals surface area contributed by atoms with Gasteiger partial charge in [0.1, 0.15) is 11.3 Å². The van der Waals surface area contributed by atoms with Gasteiger partial charge >= 0.3 is 5.63 Å². The maximum atomic E-state index is 11.9. The molecule has 3 rings (SSSR count). The molecule has 0 aliphatic rings. The number of hydrogen-bond donors (Lipinski definition) is 0. The zero-order valence-corrected chi connectivity index (χ0v) is 14.5. The molecule has 0 atom stereocenters. The van der Waals surface area contributed by atoms with Crippen LogP contribution >= 0.6 is 11.6 Å². The summed E-state index contributed by atoms with van der Waals surface area (Å²) < 4.78 is 11.3. The van der Waals surface area contributed by atoms with E-state index in [0.29, 0.717) is 23.6 Å². The number of alkyl halides is 1. The van der Waals surface area contributed by atoms with E-state index in [4.69, 9.17) is 20.8 Å². The summed E-state index contributed by atoms with van der Waals surface area (Å²) in [4.78, 5) is 11.9. The van der Waals surface area contributed by atoms with Crippen molar-refractivity contribution in [3.63, 3.8) is 0 Å². The average molecular weight is 343 g/mol. The molecule has 2 aromatic carbocycles. The zero-order chi connectivity index (χ0) is 17.1. The second kappa shape index (κ2) is 7.10. The van der Waals surface area contributed by atoms with Gasteiger partial charge in [0.05, 0.1) is 6.61 Å². The Kier molecular flexibility index (Phi) is 4.91. The fourth-order valence-electron chi connectivity index (χ4n) is 2.68. The number of para-hydroxylation sites is 1. The lowest BCUT2D eigenvalue weighted by atomic mass is 10.0. The van der Waals surface area contributed by atoms with E-state index in [0.717, 1.165) is 34.2 Å². The summed E-state index contributed by atoms with van der Waals surface area (Å²) >= 11 is 5.71. The molecule has 0 bridgehead atoms. The molecule has 0 aliphatic carbocycles. The first-order valence-corrected chi connectivity index (χ1v) is 8.47. The molecule has 4 heteroatoms. The minimum atomic E-state index is -0.288. The van der Waals surface area contributed by atoms with Crippen molar-refractivity contribution in [2.75, 3.05) is 12.5 Å². The number of benzene rings is 2. The van der Waals surface area contributed by atoms with Crippen LogP contribution in [0.1, 0.15) is 17.5 Å². The van der Waals surface area contributed by atoms with Crippen molar-refractivity contribution in [1.82, 2.24) is 0 Å². The van der Waals surface area contributed by atoms with Gasteiger partial charge in [-0.15, -0.1) is 11.6 Å². The van der Waals surface area contributed by atoms with E-state index < -0.39 is 0 Å². The highest BCUT2D eigenvalue weighted by molar-refractivity contribution is 6.17. The Morgan fingerprint density at radius 2 is 1.88 bits per heavy atom. The molecule has 1 aromatic heterocycles. The van der Waals surface area contributed by atoms with Crippen molar-refractivity contribution in [2.24, 2.45) is 0 Å². The van der Waals surface area contributed by atoms with Gasteiger partial charge in [-0.1, -0.05) is 30.3 Å². The maximum absolute atomic E-state index is 11.9. The summed E-state index contributed by atoms with van der Waals surface area (Å²) in [6.07, 6.45) is 0.793. The smallest absolute Gasteiger partial charge is 0.339 e. The van der Waals surface area contributed by atoms with E-state index >= 15 is 0 Å². The summed E-state index contributed by atoms with van der Waals surface area (Å²) in [6.45, 7) is 4.30. The Morgan fingerprint density at radius 3 is 2.67 bits per heavy atom. The lowest BCUT2D eigenvalue weighted by Crippen LogP contribution is -2.05. The molecule has 0 unspecified atom stereocenters. The molecular weight excluding hydrogens is 324 g/mol. The van der Waals surface area contributed by atoms with E-state index in [1.54, 1.807) is 6.92 Å². The van der Waals surface area contributed by atoms with Crippen molar-refractivity contribution in [2.45, 2.75) is 20.3 Å². The molecule has 0 radical (unpaired) electrons. The standard InChI is InChI=1S/C20H19ClO3/c1-13-14(2)20(22)24-19-12-15(8-9-16(13)19)17-6-3-4-7-18(17)23-11-5-10-21/h3-4,6-9,12H,5,10-11H2,1-2H3. The largest absolute Gasteiger partial charge is 0.493 e. The highest BCUT2D eigenvalue weighted by Crippen LogP contribution is 2.32. The van der Waals surface area contributed by atoms with Crippen LogP contribution in [0, 0.1) is 13.8 Å². The topological polar surface area (TPSA) is 39.4 Å². The second-order valence-electron chi connectivity index (χ2n) is 5.74. The van der Waals surface area contributed by atoms with Gasteiger partial charge in [0.25, 0.3) is 0 Å². The van der Waals surface area contributed by atoms with E-state index in [1.165, 1.54) is 0 Å². The Hall–Kier alpha value is -2.26. The van der Waals surface area contributed by atoms with Crippen LogP contribution in [0.3, 0.4) is 0 Å². The van der Waals surface area contributed by atoms with Gasteiger partial charge in [-0.25, -0.2) is 4.79 Å². The van der Waals surface area contributed by atoms with Crippen LogP contribution in [0.5, 0.6) is 5.75 Å². The first-order chi connectivity index (χ1) is 11.6. The summed E-state index contributed by atoms with van der Waals surface area (Å²) in [5.74, 6) is 1.37. The average Bonchev–Trinajstić information content (AvgIpc) is 2.60. The van der Waals surface area contributed by atoms with Gasteiger partial charge in [-0.05, 0) is 43.5 Å². The number of ether oxygens (including phenoxy) is 1. The SMILES string of the molecule is Cc1c(C)c2ccc(-c3ccccc3OCCCCl)cc2oc1=O. The molecule has 24 heavy (non-hydrogen) atoms. The monoisotopic (exact) mass is 342 g/mol. The van der Waals surface area contributed by atoms with Crippen LogP contribution in [0.15, 0.2) is 51.7 Å². The van der Waals surface area contributed by atoms with Gasteiger partial charge in [-0.2, -0.15) is 0 Å². The lowest BCUT2D eigenvalue weighted by molar-refractivity contribution is 0.319. The molecule has 124 valence electrons. The summed E-state index contributed by atoms with van der Waals surface area (Å²) in [6, 6.07) is 13.7. The molecule has 3 nitrogen and oxygen atoms in total. The summed E-state index contributed by atoms with van der Waals surface area (Å²) in [7, 11) is 0. The number of aryl methyl sites for hydroxylation is 1. The van der Waals surface area contributed by atoms with Crippen molar-refractivity contribution >= 4 is 22.6 Å². The van der Waals surface area contributed by atoms with Crippen LogP contribution in [0.2, 0.25) is 0 Å². The Bertz CT molecular complexity index is 928. The Balaban J connectivity index is 2.07. The van der Waals surface area contributed by atoms with Crippen LogP contribution in [0.25, 0.3) is 22.1 Å². The minimum absolute atomic E-state index is 0.288. The van der Waals surface area contributed by atoms with E-state index in [9.17, 15) is 4.79 Å². The molecule has 3 aromatic rings. The number of rotatable bonds is 5. The maximum Gasteiger partial charge on any atom is 0.339 e. The summed E-state index contributed by atoms with van der Waals surface area (Å²) in [5.41, 5.74) is 3.84. The van der Waals surface area contributed by atoms with Crippen LogP contribution < -0.4 is 10.4 Å². The fraction of sp³-hybridized carbons (Fsp3) is 0.250. The third-order valence-electron chi connectivity index (χ3n) is 4.19. The molecule has 0 spiro atoms. The van der Waals surface area contributed by atoms with Gasteiger partial charge in [0.2, 0.25) is 0 Å². The van der Waals surface area contributed by atoms with Gasteiger partial charge < -0.3 is 9.15 Å². The van der Waals surface area contributed by atoms with Crippen molar-refractivity contribution in [1.29, 1.82) is 0 Å². The second-order valence-corrected chi connectivity index (χ2v) is 6.12. The number of halogens is 1. The Morgan fingerprint density at radius 1 is 1.08 bits per heavy atom. The van der Waals surface area contributed by atoms with Crippen molar-refractivity contribution in [3.8, 4) is 16.9 Å². The van der Waals surface area contributed by atoms with Crippen LogP contribution in [0.4, 0.5) is 0 Å². The molecule has 0 saturated heterocycles. The minimum Gasteiger partial charge on any atom is -0.493 e. The van der Waals surface area contributed by atoms with E-state index in [-0.39, 0.29) is 5.63 Å². The molecule has 0 fully saturated rings. The fourth-order valence-corrected chi connectivity index (χ4v) is 2.79. The molecule has 0 aliphatic heterocycles. The molecular formula is C20H19ClO3. The zero-order valence-electron chi connectivity index (χ0n) is 13.8. The van der Waals surface area contributed by atoms with Crippen molar-refractivity contribution < 1.29 is 9.15 Å². The third kappa shape index (κ3) is 3.17. The predicted molar refractivity (Wildman–Crippen MR) is 98.2 cm³/mol. The van der Waals surface area contributed by atoms with Gasteiger partial charge in [0, 0.05) is 22.4 Å². The van der Waals surface area contributed by atoms with Crippen molar-refractivity contribution in [3.05, 3.63) is 64.0 Å². The first-order valence-electron chi connectivity index (χ1n) is 7.94. The number of fused-ring (bicyclic) bond motifs is 1. The predicted octanol–water partition coefficient (Wildman–Crippen LogP) is 5.08. The highest BCUT2D eigenvalue weighted by atomic mass is 35.5. The van der Waals surface area contributed by atoms with Crippen LogP contribution in [-0.4, -0.2) is 12.5 Å².